The maximum atomic E-state index is 12.5. The van der Waals surface area contributed by atoms with Crippen molar-refractivity contribution >= 4 is 21.8 Å². The number of hydrogen-bond acceptors (Lipinski definition) is 2. The number of carbonyl (C=O) groups is 1. The molecule has 1 aromatic carbocycles. The van der Waals surface area contributed by atoms with Crippen molar-refractivity contribution in [1.29, 1.82) is 0 Å². The van der Waals surface area contributed by atoms with Crippen LogP contribution in [0.2, 0.25) is 0 Å². The van der Waals surface area contributed by atoms with E-state index in [1.165, 1.54) is 12.8 Å². The Kier molecular flexibility index (Phi) is 3.87. The second kappa shape index (κ2) is 5.49. The van der Waals surface area contributed by atoms with Crippen molar-refractivity contribution in [3.63, 3.8) is 0 Å². The normalized spacial score (nSPS) is 33.1. The van der Waals surface area contributed by atoms with Gasteiger partial charge in [-0.05, 0) is 55.7 Å². The molecule has 0 aromatic heterocycles. The average molecular weight is 337 g/mol. The first-order chi connectivity index (χ1) is 9.56. The number of rotatable bonds is 3. The average Bonchev–Trinajstić information content (AvgIpc) is 2.99. The summed E-state index contributed by atoms with van der Waals surface area (Å²) >= 11 is 3.47. The SMILES string of the molecule is C[C@H](NC(=O)C1C2CCC(C2)C1N)c1cccc(Br)c1. The van der Waals surface area contributed by atoms with Crippen LogP contribution in [0.5, 0.6) is 0 Å². The van der Waals surface area contributed by atoms with Crippen LogP contribution in [0.15, 0.2) is 28.7 Å². The van der Waals surface area contributed by atoms with Crippen LogP contribution in [-0.2, 0) is 4.79 Å². The molecular weight excluding hydrogens is 316 g/mol. The van der Waals surface area contributed by atoms with E-state index in [2.05, 4.69) is 21.2 Å². The summed E-state index contributed by atoms with van der Waals surface area (Å²) in [5, 5.41) is 3.14. The van der Waals surface area contributed by atoms with Crippen LogP contribution in [-0.4, -0.2) is 11.9 Å². The van der Waals surface area contributed by atoms with Crippen LogP contribution in [0.1, 0.15) is 37.8 Å². The zero-order chi connectivity index (χ0) is 14.3. The smallest absolute Gasteiger partial charge is 0.225 e. The van der Waals surface area contributed by atoms with Crippen molar-refractivity contribution in [3.05, 3.63) is 34.3 Å². The van der Waals surface area contributed by atoms with Gasteiger partial charge in [0.15, 0.2) is 0 Å². The molecule has 3 nitrogen and oxygen atoms in total. The zero-order valence-corrected chi connectivity index (χ0v) is 13.3. The largest absolute Gasteiger partial charge is 0.349 e. The monoisotopic (exact) mass is 336 g/mol. The second-order valence-electron chi connectivity index (χ2n) is 6.22. The van der Waals surface area contributed by atoms with Gasteiger partial charge in [-0.15, -0.1) is 0 Å². The van der Waals surface area contributed by atoms with Crippen LogP contribution >= 0.6 is 15.9 Å². The zero-order valence-electron chi connectivity index (χ0n) is 11.7. The number of amides is 1. The molecule has 108 valence electrons. The number of hydrogen-bond donors (Lipinski definition) is 2. The molecule has 4 unspecified atom stereocenters. The highest BCUT2D eigenvalue weighted by Crippen LogP contribution is 2.47. The van der Waals surface area contributed by atoms with E-state index in [-0.39, 0.29) is 23.9 Å². The van der Waals surface area contributed by atoms with Crippen molar-refractivity contribution in [2.75, 3.05) is 0 Å². The Labute approximate surface area is 128 Å². The molecule has 0 saturated heterocycles. The van der Waals surface area contributed by atoms with Crippen molar-refractivity contribution < 1.29 is 4.79 Å². The lowest BCUT2D eigenvalue weighted by molar-refractivity contribution is -0.127. The van der Waals surface area contributed by atoms with E-state index in [1.54, 1.807) is 0 Å². The van der Waals surface area contributed by atoms with Crippen molar-refractivity contribution in [2.45, 2.75) is 38.3 Å². The Morgan fingerprint density at radius 3 is 2.80 bits per heavy atom. The van der Waals surface area contributed by atoms with E-state index in [0.29, 0.717) is 11.8 Å². The molecule has 3 rings (SSSR count). The topological polar surface area (TPSA) is 55.1 Å². The van der Waals surface area contributed by atoms with Gasteiger partial charge in [-0.1, -0.05) is 28.1 Å². The number of fused-ring (bicyclic) bond motifs is 2. The van der Waals surface area contributed by atoms with Crippen LogP contribution in [0.4, 0.5) is 0 Å². The van der Waals surface area contributed by atoms with Gasteiger partial charge >= 0.3 is 0 Å². The molecule has 3 N–H and O–H groups in total. The van der Waals surface area contributed by atoms with Gasteiger partial charge < -0.3 is 11.1 Å². The fourth-order valence-electron chi connectivity index (χ4n) is 3.89. The van der Waals surface area contributed by atoms with Gasteiger partial charge in [-0.3, -0.25) is 4.79 Å². The van der Waals surface area contributed by atoms with Crippen LogP contribution in [0.3, 0.4) is 0 Å². The second-order valence-corrected chi connectivity index (χ2v) is 7.14. The number of carbonyl (C=O) groups excluding carboxylic acids is 1. The number of nitrogens with two attached hydrogens (primary N) is 1. The molecule has 0 radical (unpaired) electrons. The molecule has 0 aliphatic heterocycles. The molecule has 5 atom stereocenters. The Bertz CT molecular complexity index is 517. The maximum absolute atomic E-state index is 12.5. The first kappa shape index (κ1) is 14.1. The minimum atomic E-state index is 0.0170. The molecule has 20 heavy (non-hydrogen) atoms. The summed E-state index contributed by atoms with van der Waals surface area (Å²) in [6.45, 7) is 2.03. The van der Waals surface area contributed by atoms with E-state index in [4.69, 9.17) is 5.73 Å². The Morgan fingerprint density at radius 1 is 1.40 bits per heavy atom. The summed E-state index contributed by atoms with van der Waals surface area (Å²) in [6, 6.07) is 8.15. The quantitative estimate of drug-likeness (QED) is 0.891. The van der Waals surface area contributed by atoms with E-state index in [0.717, 1.165) is 16.5 Å². The third-order valence-corrected chi connectivity index (χ3v) is 5.48. The van der Waals surface area contributed by atoms with Crippen LogP contribution < -0.4 is 11.1 Å². The van der Waals surface area contributed by atoms with Crippen molar-refractivity contribution in [2.24, 2.45) is 23.5 Å². The van der Waals surface area contributed by atoms with Crippen molar-refractivity contribution in [3.8, 4) is 0 Å². The third kappa shape index (κ3) is 2.51. The minimum Gasteiger partial charge on any atom is -0.349 e. The van der Waals surface area contributed by atoms with Crippen molar-refractivity contribution in [1.82, 2.24) is 5.32 Å². The van der Waals surface area contributed by atoms with Gasteiger partial charge in [-0.2, -0.15) is 0 Å². The molecule has 2 fully saturated rings. The van der Waals surface area contributed by atoms with Crippen LogP contribution in [0.25, 0.3) is 0 Å². The number of benzene rings is 1. The summed E-state index contributed by atoms with van der Waals surface area (Å²) in [6.07, 6.45) is 3.52. The summed E-state index contributed by atoms with van der Waals surface area (Å²) in [5.74, 6) is 1.22. The molecular formula is C16H21BrN2O. The third-order valence-electron chi connectivity index (χ3n) is 4.99. The molecule has 0 spiro atoms. The Morgan fingerprint density at radius 2 is 2.15 bits per heavy atom. The van der Waals surface area contributed by atoms with E-state index in [1.807, 2.05) is 31.2 Å². The first-order valence-electron chi connectivity index (χ1n) is 7.37. The van der Waals surface area contributed by atoms with Gasteiger partial charge in [0.1, 0.15) is 0 Å². The lowest BCUT2D eigenvalue weighted by Gasteiger charge is -2.28. The lowest BCUT2D eigenvalue weighted by atomic mass is 9.84. The summed E-state index contributed by atoms with van der Waals surface area (Å²) in [4.78, 5) is 12.5. The highest BCUT2D eigenvalue weighted by Gasteiger charge is 2.49. The predicted molar refractivity (Wildman–Crippen MR) is 83.0 cm³/mol. The fourth-order valence-corrected chi connectivity index (χ4v) is 4.31. The number of halogens is 1. The molecule has 1 aromatic rings. The summed E-state index contributed by atoms with van der Waals surface area (Å²) < 4.78 is 1.03. The first-order valence-corrected chi connectivity index (χ1v) is 8.17. The molecule has 1 amide bonds. The van der Waals surface area contributed by atoms with E-state index < -0.39 is 0 Å². The highest BCUT2D eigenvalue weighted by atomic mass is 79.9. The van der Waals surface area contributed by atoms with Gasteiger partial charge in [0.25, 0.3) is 0 Å². The van der Waals surface area contributed by atoms with Gasteiger partial charge in [-0.25, -0.2) is 0 Å². The fraction of sp³-hybridized carbons (Fsp3) is 0.562. The summed E-state index contributed by atoms with van der Waals surface area (Å²) in [7, 11) is 0. The highest BCUT2D eigenvalue weighted by molar-refractivity contribution is 9.10. The molecule has 4 heteroatoms. The van der Waals surface area contributed by atoms with E-state index in [9.17, 15) is 4.79 Å². The number of nitrogens with one attached hydrogen (secondary N) is 1. The molecule has 2 aliphatic rings. The Hall–Kier alpha value is -0.870. The van der Waals surface area contributed by atoms with Crippen LogP contribution in [0, 0.1) is 17.8 Å². The maximum Gasteiger partial charge on any atom is 0.225 e. The molecule has 0 heterocycles. The lowest BCUT2D eigenvalue weighted by Crippen LogP contribution is -2.45. The van der Waals surface area contributed by atoms with Gasteiger partial charge in [0.05, 0.1) is 12.0 Å². The predicted octanol–water partition coefficient (Wildman–Crippen LogP) is 3.00. The van der Waals surface area contributed by atoms with E-state index >= 15 is 0 Å². The standard InChI is InChI=1S/C16H21BrN2O/c1-9(10-3-2-4-13(17)8-10)19-16(20)14-11-5-6-12(7-11)15(14)18/h2-4,8-9,11-12,14-15H,5-7,18H2,1H3,(H,19,20)/t9-,11?,12?,14?,15?/m0/s1. The summed E-state index contributed by atoms with van der Waals surface area (Å²) in [5.41, 5.74) is 7.35. The minimum absolute atomic E-state index is 0.0170. The van der Waals surface area contributed by atoms with Gasteiger partial charge in [0.2, 0.25) is 5.91 Å². The van der Waals surface area contributed by atoms with Gasteiger partial charge in [0, 0.05) is 10.5 Å². The Balaban J connectivity index is 1.67. The molecule has 2 bridgehead atoms. The molecule has 2 saturated carbocycles. The molecule has 2 aliphatic carbocycles.